The maximum atomic E-state index is 13.1. The number of halogens is 1. The minimum Gasteiger partial charge on any atom is -0.335 e. The molecule has 0 aliphatic carbocycles. The van der Waals surface area contributed by atoms with Crippen molar-refractivity contribution >= 4 is 27.3 Å². The molecule has 2 heterocycles. The zero-order chi connectivity index (χ0) is 20.4. The van der Waals surface area contributed by atoms with Crippen molar-refractivity contribution in [1.29, 1.82) is 0 Å². The molecule has 0 radical (unpaired) electrons. The fraction of sp³-hybridized carbons (Fsp3) is 0.200. The van der Waals surface area contributed by atoms with E-state index in [1.54, 1.807) is 52.7 Å². The van der Waals surface area contributed by atoms with Crippen LogP contribution in [-0.2, 0) is 10.0 Å². The highest BCUT2D eigenvalue weighted by molar-refractivity contribution is 7.89. The summed E-state index contributed by atoms with van der Waals surface area (Å²) in [6.07, 6.45) is 0. The van der Waals surface area contributed by atoms with E-state index >= 15 is 0 Å². The van der Waals surface area contributed by atoms with Crippen LogP contribution in [0.4, 0.5) is 4.39 Å². The second-order valence-corrected chi connectivity index (χ2v) is 9.35. The lowest BCUT2D eigenvalue weighted by Gasteiger charge is -2.33. The van der Waals surface area contributed by atoms with E-state index in [2.05, 4.69) is 4.98 Å². The molecule has 1 amide bonds. The molecule has 6 nitrogen and oxygen atoms in total. The van der Waals surface area contributed by atoms with Crippen LogP contribution in [0.5, 0.6) is 0 Å². The van der Waals surface area contributed by atoms with Gasteiger partial charge in [0.25, 0.3) is 5.91 Å². The summed E-state index contributed by atoms with van der Waals surface area (Å²) < 4.78 is 39.9. The van der Waals surface area contributed by atoms with Gasteiger partial charge < -0.3 is 4.90 Å². The van der Waals surface area contributed by atoms with Crippen LogP contribution in [0.2, 0.25) is 0 Å². The average molecular weight is 432 g/mol. The van der Waals surface area contributed by atoms with Crippen molar-refractivity contribution in [3.63, 3.8) is 0 Å². The van der Waals surface area contributed by atoms with Gasteiger partial charge >= 0.3 is 0 Å². The smallest absolute Gasteiger partial charge is 0.273 e. The molecule has 1 fully saturated rings. The van der Waals surface area contributed by atoms with Crippen LogP contribution >= 0.6 is 11.3 Å². The first-order valence-corrected chi connectivity index (χ1v) is 11.3. The molecular weight excluding hydrogens is 413 g/mol. The van der Waals surface area contributed by atoms with Crippen LogP contribution in [0.3, 0.4) is 0 Å². The van der Waals surface area contributed by atoms with Gasteiger partial charge in [0.1, 0.15) is 16.5 Å². The number of carbonyl (C=O) groups is 1. The third-order valence-electron chi connectivity index (χ3n) is 4.72. The van der Waals surface area contributed by atoms with E-state index in [1.807, 2.05) is 0 Å². The predicted octanol–water partition coefficient (Wildman–Crippen LogP) is 3.10. The van der Waals surface area contributed by atoms with Crippen molar-refractivity contribution in [2.45, 2.75) is 4.90 Å². The number of aromatic nitrogens is 1. The highest BCUT2D eigenvalue weighted by atomic mass is 32.2. The van der Waals surface area contributed by atoms with E-state index in [0.29, 0.717) is 23.8 Å². The molecule has 0 N–H and O–H groups in total. The summed E-state index contributed by atoms with van der Waals surface area (Å²) in [6.45, 7) is 1.07. The van der Waals surface area contributed by atoms with Gasteiger partial charge in [-0.3, -0.25) is 4.79 Å². The lowest BCUT2D eigenvalue weighted by atomic mass is 10.2. The van der Waals surface area contributed by atoms with Crippen molar-refractivity contribution < 1.29 is 17.6 Å². The number of benzene rings is 2. The van der Waals surface area contributed by atoms with Crippen LogP contribution in [0.15, 0.2) is 64.9 Å². The van der Waals surface area contributed by atoms with Crippen molar-refractivity contribution in [2.75, 3.05) is 26.2 Å². The highest BCUT2D eigenvalue weighted by Crippen LogP contribution is 2.25. The van der Waals surface area contributed by atoms with E-state index in [9.17, 15) is 17.6 Å². The van der Waals surface area contributed by atoms with Crippen molar-refractivity contribution in [2.24, 2.45) is 0 Å². The number of rotatable bonds is 4. The zero-order valence-corrected chi connectivity index (χ0v) is 17.0. The number of nitrogens with zero attached hydrogens (tertiary/aromatic N) is 3. The molecule has 3 aromatic rings. The molecule has 1 aromatic heterocycles. The number of carbonyl (C=O) groups excluding carboxylic acids is 1. The Morgan fingerprint density at radius 2 is 1.62 bits per heavy atom. The Hall–Kier alpha value is -2.62. The zero-order valence-electron chi connectivity index (χ0n) is 15.4. The fourth-order valence-corrected chi connectivity index (χ4v) is 5.38. The van der Waals surface area contributed by atoms with E-state index in [4.69, 9.17) is 0 Å². The van der Waals surface area contributed by atoms with Crippen LogP contribution < -0.4 is 0 Å². The number of amides is 1. The lowest BCUT2D eigenvalue weighted by molar-refractivity contribution is 0.0693. The van der Waals surface area contributed by atoms with E-state index < -0.39 is 10.0 Å². The van der Waals surface area contributed by atoms with Gasteiger partial charge in [-0.1, -0.05) is 18.2 Å². The van der Waals surface area contributed by atoms with Crippen molar-refractivity contribution in [3.8, 4) is 10.6 Å². The number of sulfonamides is 1. The SMILES string of the molecule is O=C(c1csc(-c2ccc(F)cc2)n1)N1CCN(S(=O)(=O)c2ccccc2)CC1. The second-order valence-electron chi connectivity index (χ2n) is 6.55. The van der Waals surface area contributed by atoms with Crippen LogP contribution in [0.25, 0.3) is 10.6 Å². The molecule has 4 rings (SSSR count). The number of thiazole rings is 1. The van der Waals surface area contributed by atoms with Gasteiger partial charge in [-0.15, -0.1) is 11.3 Å². The largest absolute Gasteiger partial charge is 0.335 e. The first kappa shape index (κ1) is 19.7. The Labute approximate surface area is 172 Å². The summed E-state index contributed by atoms with van der Waals surface area (Å²) in [4.78, 5) is 19.0. The van der Waals surface area contributed by atoms with Crippen LogP contribution in [0, 0.1) is 5.82 Å². The Balaban J connectivity index is 1.43. The van der Waals surface area contributed by atoms with Crippen LogP contribution in [0.1, 0.15) is 10.5 Å². The summed E-state index contributed by atoms with van der Waals surface area (Å²) >= 11 is 1.32. The maximum Gasteiger partial charge on any atom is 0.273 e. The highest BCUT2D eigenvalue weighted by Gasteiger charge is 2.31. The normalized spacial score (nSPS) is 15.4. The van der Waals surface area contributed by atoms with Crippen LogP contribution in [-0.4, -0.2) is 54.7 Å². The Morgan fingerprint density at radius 1 is 0.966 bits per heavy atom. The molecule has 2 aromatic carbocycles. The third-order valence-corrected chi connectivity index (χ3v) is 7.53. The summed E-state index contributed by atoms with van der Waals surface area (Å²) in [6, 6.07) is 14.2. The van der Waals surface area contributed by atoms with Gasteiger partial charge in [-0.05, 0) is 36.4 Å². The molecule has 150 valence electrons. The first-order chi connectivity index (χ1) is 13.9. The monoisotopic (exact) mass is 431 g/mol. The minimum absolute atomic E-state index is 0.230. The standard InChI is InChI=1S/C20H18FN3O3S2/c21-16-8-6-15(7-9-16)19-22-18(14-28-19)20(25)23-10-12-24(13-11-23)29(26,27)17-4-2-1-3-5-17/h1-9,14H,10-13H2. The van der Waals surface area contributed by atoms with Gasteiger partial charge in [0.2, 0.25) is 10.0 Å². The maximum absolute atomic E-state index is 13.1. The first-order valence-electron chi connectivity index (χ1n) is 9.01. The third kappa shape index (κ3) is 4.07. The molecule has 1 aliphatic rings. The Morgan fingerprint density at radius 3 is 2.28 bits per heavy atom. The number of hydrogen-bond donors (Lipinski definition) is 0. The predicted molar refractivity (Wildman–Crippen MR) is 109 cm³/mol. The van der Waals surface area contributed by atoms with Gasteiger partial charge in [-0.25, -0.2) is 17.8 Å². The van der Waals surface area contributed by atoms with Gasteiger partial charge in [0.05, 0.1) is 4.90 Å². The molecule has 0 spiro atoms. The second kappa shape index (κ2) is 8.02. The minimum atomic E-state index is -3.56. The fourth-order valence-electron chi connectivity index (χ4n) is 3.13. The van der Waals surface area contributed by atoms with Gasteiger partial charge in [-0.2, -0.15) is 4.31 Å². The number of piperazine rings is 1. The average Bonchev–Trinajstić information content (AvgIpc) is 3.25. The molecule has 0 unspecified atom stereocenters. The molecule has 1 aliphatic heterocycles. The van der Waals surface area contributed by atoms with E-state index in [0.717, 1.165) is 5.56 Å². The molecule has 29 heavy (non-hydrogen) atoms. The van der Waals surface area contributed by atoms with E-state index in [-0.39, 0.29) is 29.7 Å². The summed E-state index contributed by atoms with van der Waals surface area (Å²) in [5, 5.41) is 2.31. The molecule has 0 atom stereocenters. The Kier molecular flexibility index (Phi) is 5.44. The molecule has 9 heteroatoms. The quantitative estimate of drug-likeness (QED) is 0.637. The lowest BCUT2D eigenvalue weighted by Crippen LogP contribution is -2.50. The molecular formula is C20H18FN3O3S2. The van der Waals surface area contributed by atoms with E-state index in [1.165, 1.54) is 27.8 Å². The van der Waals surface area contributed by atoms with Crippen molar-refractivity contribution in [1.82, 2.24) is 14.2 Å². The molecule has 1 saturated heterocycles. The Bertz CT molecular complexity index is 1110. The summed E-state index contributed by atoms with van der Waals surface area (Å²) in [7, 11) is -3.56. The summed E-state index contributed by atoms with van der Waals surface area (Å²) in [5.74, 6) is -0.559. The topological polar surface area (TPSA) is 70.6 Å². The van der Waals surface area contributed by atoms with Gasteiger partial charge in [0, 0.05) is 37.1 Å². The van der Waals surface area contributed by atoms with Gasteiger partial charge in [0.15, 0.2) is 0 Å². The number of hydrogen-bond acceptors (Lipinski definition) is 5. The summed E-state index contributed by atoms with van der Waals surface area (Å²) in [5.41, 5.74) is 1.06. The molecule has 0 saturated carbocycles. The molecule has 0 bridgehead atoms. The van der Waals surface area contributed by atoms with Crippen molar-refractivity contribution in [3.05, 3.63) is 71.5 Å².